The van der Waals surface area contributed by atoms with Crippen molar-refractivity contribution >= 4 is 22.1 Å². The monoisotopic (exact) mass is 333 g/mol. The van der Waals surface area contributed by atoms with Crippen molar-refractivity contribution in [1.82, 2.24) is 4.83 Å². The van der Waals surface area contributed by atoms with Gasteiger partial charge in [-0.1, -0.05) is 18.2 Å². The number of primary amides is 1. The van der Waals surface area contributed by atoms with Gasteiger partial charge in [-0.3, -0.25) is 4.79 Å². The minimum absolute atomic E-state index is 0.132. The fraction of sp³-hybridized carbons (Fsp3) is 0.0667. The highest BCUT2D eigenvalue weighted by Crippen LogP contribution is 2.11. The third-order valence-corrected chi connectivity index (χ3v) is 3.94. The maximum Gasteiger partial charge on any atom is 0.276 e. The van der Waals surface area contributed by atoms with E-state index in [9.17, 15) is 13.2 Å². The van der Waals surface area contributed by atoms with Crippen molar-refractivity contribution < 1.29 is 17.9 Å². The number of rotatable bonds is 7. The summed E-state index contributed by atoms with van der Waals surface area (Å²) >= 11 is 0. The number of amides is 1. The number of nitrogens with zero attached hydrogens (tertiary/aromatic N) is 1. The van der Waals surface area contributed by atoms with Gasteiger partial charge in [0, 0.05) is 0 Å². The van der Waals surface area contributed by atoms with E-state index < -0.39 is 15.9 Å². The lowest BCUT2D eigenvalue weighted by Gasteiger charge is -2.04. The van der Waals surface area contributed by atoms with E-state index in [2.05, 4.69) is 9.93 Å². The van der Waals surface area contributed by atoms with E-state index in [0.29, 0.717) is 11.3 Å². The Morgan fingerprint density at radius 2 is 1.78 bits per heavy atom. The van der Waals surface area contributed by atoms with Crippen LogP contribution in [0.5, 0.6) is 5.75 Å². The van der Waals surface area contributed by atoms with Gasteiger partial charge >= 0.3 is 0 Å². The average molecular weight is 333 g/mol. The Balaban J connectivity index is 1.97. The zero-order valence-corrected chi connectivity index (χ0v) is 12.9. The average Bonchev–Trinajstić information content (AvgIpc) is 2.55. The molecule has 0 bridgehead atoms. The molecule has 0 heterocycles. The molecule has 2 rings (SSSR count). The lowest BCUT2D eigenvalue weighted by Crippen LogP contribution is -2.20. The second-order valence-corrected chi connectivity index (χ2v) is 6.15. The Morgan fingerprint density at radius 1 is 1.13 bits per heavy atom. The van der Waals surface area contributed by atoms with Crippen molar-refractivity contribution in [2.75, 3.05) is 6.61 Å². The molecule has 0 saturated heterocycles. The van der Waals surface area contributed by atoms with E-state index in [1.807, 2.05) is 0 Å². The molecule has 1 amide bonds. The van der Waals surface area contributed by atoms with E-state index in [-0.39, 0.29) is 11.5 Å². The SMILES string of the molecule is NC(=O)COc1ccc(/C=N\NS(=O)(=O)c2ccccc2)cc1. The number of nitrogens with one attached hydrogen (secondary N) is 1. The van der Waals surface area contributed by atoms with Crippen LogP contribution >= 0.6 is 0 Å². The van der Waals surface area contributed by atoms with Crippen LogP contribution in [0.2, 0.25) is 0 Å². The van der Waals surface area contributed by atoms with Crippen LogP contribution < -0.4 is 15.3 Å². The van der Waals surface area contributed by atoms with Crippen LogP contribution in [0.3, 0.4) is 0 Å². The van der Waals surface area contributed by atoms with E-state index in [4.69, 9.17) is 10.5 Å². The number of hydrazone groups is 1. The second-order valence-electron chi connectivity index (χ2n) is 4.49. The quantitative estimate of drug-likeness (QED) is 0.578. The first kappa shape index (κ1) is 16.5. The van der Waals surface area contributed by atoms with Gasteiger partial charge in [0.05, 0.1) is 11.1 Å². The zero-order valence-electron chi connectivity index (χ0n) is 12.0. The molecule has 0 aromatic heterocycles. The molecule has 0 fully saturated rings. The Hall–Kier alpha value is -2.87. The molecule has 0 unspecified atom stereocenters. The molecule has 8 heteroatoms. The maximum atomic E-state index is 11.9. The molecule has 0 aliphatic rings. The van der Waals surface area contributed by atoms with Gasteiger partial charge in [0.15, 0.2) is 6.61 Å². The molecule has 3 N–H and O–H groups in total. The van der Waals surface area contributed by atoms with Crippen LogP contribution in [-0.2, 0) is 14.8 Å². The van der Waals surface area contributed by atoms with Gasteiger partial charge in [-0.25, -0.2) is 4.83 Å². The first-order chi connectivity index (χ1) is 11.0. The number of hydrogen-bond acceptors (Lipinski definition) is 5. The van der Waals surface area contributed by atoms with Crippen LogP contribution in [0.1, 0.15) is 5.56 Å². The summed E-state index contributed by atoms with van der Waals surface area (Å²) in [6.45, 7) is -0.204. The summed E-state index contributed by atoms with van der Waals surface area (Å²) in [5.74, 6) is -0.0863. The normalized spacial score (nSPS) is 11.3. The molecule has 0 radical (unpaired) electrons. The van der Waals surface area contributed by atoms with Gasteiger partial charge in [-0.05, 0) is 42.0 Å². The predicted molar refractivity (Wildman–Crippen MR) is 85.5 cm³/mol. The van der Waals surface area contributed by atoms with Crippen molar-refractivity contribution in [2.24, 2.45) is 10.8 Å². The smallest absolute Gasteiger partial charge is 0.276 e. The van der Waals surface area contributed by atoms with E-state index >= 15 is 0 Å². The number of sulfonamides is 1. The van der Waals surface area contributed by atoms with Gasteiger partial charge in [-0.15, -0.1) is 0 Å². The van der Waals surface area contributed by atoms with E-state index in [1.54, 1.807) is 42.5 Å². The van der Waals surface area contributed by atoms with E-state index in [0.717, 1.165) is 0 Å². The molecule has 0 aliphatic heterocycles. The molecule has 120 valence electrons. The second kappa shape index (κ2) is 7.41. The molecule has 0 saturated carbocycles. The highest BCUT2D eigenvalue weighted by Gasteiger charge is 2.10. The van der Waals surface area contributed by atoms with Crippen molar-refractivity contribution in [2.45, 2.75) is 4.90 Å². The minimum atomic E-state index is -3.68. The molecule has 23 heavy (non-hydrogen) atoms. The summed E-state index contributed by atoms with van der Waals surface area (Å²) in [4.78, 5) is 12.9. The molecule has 2 aromatic carbocycles. The van der Waals surface area contributed by atoms with Gasteiger partial charge in [-0.2, -0.15) is 13.5 Å². The largest absolute Gasteiger partial charge is 0.484 e. The number of benzene rings is 2. The lowest BCUT2D eigenvalue weighted by atomic mass is 10.2. The first-order valence-electron chi connectivity index (χ1n) is 6.58. The third kappa shape index (κ3) is 5.11. The summed E-state index contributed by atoms with van der Waals surface area (Å²) in [6.07, 6.45) is 1.36. The lowest BCUT2D eigenvalue weighted by molar-refractivity contribution is -0.119. The number of nitrogens with two attached hydrogens (primary N) is 1. The fourth-order valence-electron chi connectivity index (χ4n) is 1.63. The Kier molecular flexibility index (Phi) is 5.32. The minimum Gasteiger partial charge on any atom is -0.484 e. The fourth-order valence-corrected chi connectivity index (χ4v) is 2.44. The summed E-state index contributed by atoms with van der Waals surface area (Å²) in [5, 5.41) is 3.72. The van der Waals surface area contributed by atoms with Crippen molar-refractivity contribution in [3.8, 4) is 5.75 Å². The van der Waals surface area contributed by atoms with E-state index in [1.165, 1.54) is 18.3 Å². The Morgan fingerprint density at radius 3 is 2.39 bits per heavy atom. The van der Waals surface area contributed by atoms with Crippen molar-refractivity contribution in [3.63, 3.8) is 0 Å². The topological polar surface area (TPSA) is 111 Å². The summed E-state index contributed by atoms with van der Waals surface area (Å²) in [5.41, 5.74) is 5.63. The maximum absolute atomic E-state index is 11.9. The third-order valence-electron chi connectivity index (χ3n) is 2.70. The van der Waals surface area contributed by atoms with Crippen LogP contribution in [0.4, 0.5) is 0 Å². The summed E-state index contributed by atoms with van der Waals surface area (Å²) < 4.78 is 29.0. The van der Waals surface area contributed by atoms with Crippen LogP contribution in [0.15, 0.2) is 64.6 Å². The molecule has 2 aromatic rings. The highest BCUT2D eigenvalue weighted by molar-refractivity contribution is 7.89. The van der Waals surface area contributed by atoms with Crippen LogP contribution in [0, 0.1) is 0 Å². The van der Waals surface area contributed by atoms with Gasteiger partial charge in [0.1, 0.15) is 5.75 Å². The number of hydrogen-bond donors (Lipinski definition) is 2. The van der Waals surface area contributed by atoms with Gasteiger partial charge in [0.25, 0.3) is 15.9 Å². The van der Waals surface area contributed by atoms with Gasteiger partial charge < -0.3 is 10.5 Å². The Bertz CT molecular complexity index is 787. The summed E-state index contributed by atoms with van der Waals surface area (Å²) in [7, 11) is -3.68. The highest BCUT2D eigenvalue weighted by atomic mass is 32.2. The molecule has 0 spiro atoms. The van der Waals surface area contributed by atoms with Crippen molar-refractivity contribution in [1.29, 1.82) is 0 Å². The summed E-state index contributed by atoms with van der Waals surface area (Å²) in [6, 6.07) is 14.5. The molecular formula is C15H15N3O4S. The number of carbonyl (C=O) groups excluding carboxylic acids is 1. The van der Waals surface area contributed by atoms with Crippen LogP contribution in [0.25, 0.3) is 0 Å². The molecule has 0 aliphatic carbocycles. The predicted octanol–water partition coefficient (Wildman–Crippen LogP) is 0.863. The number of carbonyl (C=O) groups is 1. The Labute approximate surface area is 133 Å². The molecule has 0 atom stereocenters. The van der Waals surface area contributed by atoms with Crippen LogP contribution in [-0.4, -0.2) is 27.1 Å². The first-order valence-corrected chi connectivity index (χ1v) is 8.07. The molecular weight excluding hydrogens is 318 g/mol. The number of ether oxygens (including phenoxy) is 1. The zero-order chi connectivity index (χ0) is 16.7. The standard InChI is InChI=1S/C15H15N3O4S/c16-15(19)11-22-13-8-6-12(7-9-13)10-17-18-23(20,21)14-4-2-1-3-5-14/h1-10,18H,11H2,(H2,16,19)/b17-10-. The van der Waals surface area contributed by atoms with Gasteiger partial charge in [0.2, 0.25) is 0 Å². The molecule has 7 nitrogen and oxygen atoms in total. The van der Waals surface area contributed by atoms with Crippen molar-refractivity contribution in [3.05, 3.63) is 60.2 Å².